The van der Waals surface area contributed by atoms with E-state index in [0.29, 0.717) is 6.10 Å². The molecule has 3 atom stereocenters. The summed E-state index contributed by atoms with van der Waals surface area (Å²) in [5.41, 5.74) is 2.29. The summed E-state index contributed by atoms with van der Waals surface area (Å²) in [4.78, 5) is 4.38. The van der Waals surface area contributed by atoms with Crippen LogP contribution in [0.3, 0.4) is 0 Å². The van der Waals surface area contributed by atoms with Gasteiger partial charge in [0.15, 0.2) is 0 Å². The molecule has 1 aromatic heterocycles. The third-order valence-corrected chi connectivity index (χ3v) is 3.35. The Labute approximate surface area is 104 Å². The number of likely N-dealkylation sites (N-methyl/N-ethyl adjacent to an activating group) is 1. The van der Waals surface area contributed by atoms with Gasteiger partial charge in [-0.25, -0.2) is 0 Å². The molecule has 1 N–H and O–H groups in total. The summed E-state index contributed by atoms with van der Waals surface area (Å²) in [5.74, 6) is 0. The Kier molecular flexibility index (Phi) is 4.13. The minimum Gasteiger partial charge on any atom is -0.373 e. The molecule has 0 spiro atoms. The largest absolute Gasteiger partial charge is 0.373 e. The van der Waals surface area contributed by atoms with E-state index in [-0.39, 0.29) is 12.1 Å². The van der Waals surface area contributed by atoms with Crippen LogP contribution in [0.5, 0.6) is 0 Å². The van der Waals surface area contributed by atoms with Crippen molar-refractivity contribution >= 4 is 0 Å². The van der Waals surface area contributed by atoms with Gasteiger partial charge >= 0.3 is 0 Å². The van der Waals surface area contributed by atoms with Crippen molar-refractivity contribution in [3.63, 3.8) is 0 Å². The smallest absolute Gasteiger partial charge is 0.0774 e. The maximum atomic E-state index is 5.97. The molecule has 0 bridgehead atoms. The number of hydrogen-bond acceptors (Lipinski definition) is 3. The molecule has 0 amide bonds. The van der Waals surface area contributed by atoms with Gasteiger partial charge in [-0.15, -0.1) is 0 Å². The minimum absolute atomic E-state index is 0.276. The van der Waals surface area contributed by atoms with Crippen molar-refractivity contribution in [1.29, 1.82) is 0 Å². The van der Waals surface area contributed by atoms with Gasteiger partial charge in [-0.05, 0) is 44.9 Å². The maximum Gasteiger partial charge on any atom is 0.0774 e. The summed E-state index contributed by atoms with van der Waals surface area (Å²) in [6, 6.07) is 4.50. The zero-order valence-electron chi connectivity index (χ0n) is 10.9. The van der Waals surface area contributed by atoms with E-state index in [1.54, 1.807) is 0 Å². The molecule has 94 valence electrons. The van der Waals surface area contributed by atoms with Gasteiger partial charge in [0, 0.05) is 11.9 Å². The van der Waals surface area contributed by atoms with Crippen LogP contribution in [-0.2, 0) is 4.74 Å². The molecule has 3 unspecified atom stereocenters. The molecule has 1 aliphatic heterocycles. The number of hydrogen-bond donors (Lipinski definition) is 1. The Balaban J connectivity index is 2.13. The van der Waals surface area contributed by atoms with E-state index in [2.05, 4.69) is 36.3 Å². The molecule has 2 rings (SSSR count). The lowest BCUT2D eigenvalue weighted by molar-refractivity contribution is 0.0319. The molecule has 1 aliphatic rings. The van der Waals surface area contributed by atoms with Gasteiger partial charge < -0.3 is 10.1 Å². The van der Waals surface area contributed by atoms with E-state index >= 15 is 0 Å². The van der Waals surface area contributed by atoms with Crippen molar-refractivity contribution in [1.82, 2.24) is 10.3 Å². The van der Waals surface area contributed by atoms with Crippen molar-refractivity contribution in [2.45, 2.75) is 51.9 Å². The topological polar surface area (TPSA) is 34.2 Å². The monoisotopic (exact) mass is 234 g/mol. The number of rotatable bonds is 4. The first-order valence-electron chi connectivity index (χ1n) is 6.52. The van der Waals surface area contributed by atoms with Gasteiger partial charge in [0.1, 0.15) is 0 Å². The summed E-state index contributed by atoms with van der Waals surface area (Å²) in [5, 5.41) is 3.52. The molecule has 1 fully saturated rings. The van der Waals surface area contributed by atoms with Crippen molar-refractivity contribution in [3.05, 3.63) is 29.6 Å². The fourth-order valence-electron chi connectivity index (χ4n) is 2.43. The number of nitrogens with one attached hydrogen (secondary N) is 1. The lowest BCUT2D eigenvalue weighted by Gasteiger charge is -2.24. The first kappa shape index (κ1) is 12.5. The molecule has 2 heterocycles. The number of aryl methyl sites for hydroxylation is 1. The van der Waals surface area contributed by atoms with Crippen molar-refractivity contribution in [3.8, 4) is 0 Å². The highest BCUT2D eigenvalue weighted by Gasteiger charge is 2.30. The highest BCUT2D eigenvalue weighted by Crippen LogP contribution is 2.29. The van der Waals surface area contributed by atoms with Gasteiger partial charge in [0.2, 0.25) is 0 Å². The standard InChI is InChI=1S/C14H22N2O/c1-4-15-14(13-8-6-11(3)17-13)12-7-5-10(2)16-9-12/h5,7,9,11,13-15H,4,6,8H2,1-3H3. The second-order valence-corrected chi connectivity index (χ2v) is 4.83. The van der Waals surface area contributed by atoms with Crippen molar-refractivity contribution in [2.75, 3.05) is 6.54 Å². The summed E-state index contributed by atoms with van der Waals surface area (Å²) < 4.78 is 5.97. The van der Waals surface area contributed by atoms with Gasteiger partial charge in [-0.3, -0.25) is 4.98 Å². The van der Waals surface area contributed by atoms with Gasteiger partial charge in [-0.1, -0.05) is 13.0 Å². The molecule has 3 heteroatoms. The number of aromatic nitrogens is 1. The Bertz CT molecular complexity index is 350. The third-order valence-electron chi connectivity index (χ3n) is 3.35. The quantitative estimate of drug-likeness (QED) is 0.869. The SMILES string of the molecule is CCNC(c1ccc(C)nc1)C1CCC(C)O1. The molecular formula is C14H22N2O. The van der Waals surface area contributed by atoms with Crippen molar-refractivity contribution in [2.24, 2.45) is 0 Å². The zero-order valence-corrected chi connectivity index (χ0v) is 10.9. The van der Waals surface area contributed by atoms with E-state index < -0.39 is 0 Å². The predicted octanol–water partition coefficient (Wildman–Crippen LogP) is 2.61. The highest BCUT2D eigenvalue weighted by atomic mass is 16.5. The molecular weight excluding hydrogens is 212 g/mol. The van der Waals surface area contributed by atoms with Crippen LogP contribution in [-0.4, -0.2) is 23.7 Å². The normalized spacial score (nSPS) is 26.1. The van der Waals surface area contributed by atoms with Crippen LogP contribution < -0.4 is 5.32 Å². The number of nitrogens with zero attached hydrogens (tertiary/aromatic N) is 1. The molecule has 0 saturated carbocycles. The molecule has 0 aliphatic carbocycles. The Hall–Kier alpha value is -0.930. The molecule has 3 nitrogen and oxygen atoms in total. The van der Waals surface area contributed by atoms with Crippen LogP contribution in [0.15, 0.2) is 18.3 Å². The first-order valence-corrected chi connectivity index (χ1v) is 6.52. The van der Waals surface area contributed by atoms with Gasteiger partial charge in [-0.2, -0.15) is 0 Å². The van der Waals surface area contributed by atoms with Crippen LogP contribution in [0, 0.1) is 6.92 Å². The van der Waals surface area contributed by atoms with Gasteiger partial charge in [0.05, 0.1) is 18.2 Å². The van der Waals surface area contributed by atoms with Crippen molar-refractivity contribution < 1.29 is 4.74 Å². The van der Waals surface area contributed by atoms with E-state index in [4.69, 9.17) is 4.74 Å². The molecule has 1 aromatic rings. The highest BCUT2D eigenvalue weighted by molar-refractivity contribution is 5.19. The van der Waals surface area contributed by atoms with Crippen LogP contribution in [0.2, 0.25) is 0 Å². The fourth-order valence-corrected chi connectivity index (χ4v) is 2.43. The third kappa shape index (κ3) is 3.05. The Morgan fingerprint density at radius 1 is 1.47 bits per heavy atom. The van der Waals surface area contributed by atoms with Crippen LogP contribution >= 0.6 is 0 Å². The minimum atomic E-state index is 0.276. The Morgan fingerprint density at radius 3 is 2.82 bits per heavy atom. The summed E-state index contributed by atoms with van der Waals surface area (Å²) in [7, 11) is 0. The summed E-state index contributed by atoms with van der Waals surface area (Å²) >= 11 is 0. The van der Waals surface area contributed by atoms with E-state index in [1.807, 2.05) is 13.1 Å². The summed E-state index contributed by atoms with van der Waals surface area (Å²) in [6.45, 7) is 7.25. The molecule has 0 aromatic carbocycles. The average Bonchev–Trinajstić information content (AvgIpc) is 2.74. The maximum absolute atomic E-state index is 5.97. The summed E-state index contributed by atoms with van der Waals surface area (Å²) in [6.07, 6.45) is 4.93. The Morgan fingerprint density at radius 2 is 2.29 bits per heavy atom. The average molecular weight is 234 g/mol. The van der Waals surface area contributed by atoms with Crippen LogP contribution in [0.25, 0.3) is 0 Å². The fraction of sp³-hybridized carbons (Fsp3) is 0.643. The van der Waals surface area contributed by atoms with E-state index in [9.17, 15) is 0 Å². The zero-order chi connectivity index (χ0) is 12.3. The first-order chi connectivity index (χ1) is 8.20. The molecule has 0 radical (unpaired) electrons. The van der Waals surface area contributed by atoms with Gasteiger partial charge in [0.25, 0.3) is 0 Å². The lowest BCUT2D eigenvalue weighted by Crippen LogP contribution is -2.32. The second kappa shape index (κ2) is 5.61. The number of ether oxygens (including phenoxy) is 1. The lowest BCUT2D eigenvalue weighted by atomic mass is 10.0. The van der Waals surface area contributed by atoms with Crippen LogP contribution in [0.4, 0.5) is 0 Å². The van der Waals surface area contributed by atoms with E-state index in [0.717, 1.165) is 25.1 Å². The van der Waals surface area contributed by atoms with E-state index in [1.165, 1.54) is 5.56 Å². The molecule has 1 saturated heterocycles. The van der Waals surface area contributed by atoms with Crippen LogP contribution in [0.1, 0.15) is 44.0 Å². The predicted molar refractivity (Wildman–Crippen MR) is 69.0 cm³/mol. The number of pyridine rings is 1. The second-order valence-electron chi connectivity index (χ2n) is 4.83. The molecule has 17 heavy (non-hydrogen) atoms.